The van der Waals surface area contributed by atoms with Crippen LogP contribution in [0, 0.1) is 5.82 Å². The van der Waals surface area contributed by atoms with E-state index in [4.69, 9.17) is 9.84 Å². The van der Waals surface area contributed by atoms with Gasteiger partial charge in [-0.05, 0) is 6.92 Å². The summed E-state index contributed by atoms with van der Waals surface area (Å²) in [7, 11) is 0. The molecule has 1 aliphatic heterocycles. The smallest absolute Gasteiger partial charge is 0.352 e. The number of carbonyl (C=O) groups is 1. The van der Waals surface area contributed by atoms with Gasteiger partial charge in [-0.1, -0.05) is 6.58 Å². The molecule has 0 aliphatic carbocycles. The first-order valence-corrected chi connectivity index (χ1v) is 6.85. The maximum atomic E-state index is 14.0. The van der Waals surface area contributed by atoms with Crippen LogP contribution < -0.4 is 16.3 Å². The van der Waals surface area contributed by atoms with Crippen LogP contribution in [0.4, 0.5) is 15.0 Å². The highest BCUT2D eigenvalue weighted by Crippen LogP contribution is 2.32. The number of hydrogen-bond acceptors (Lipinski definition) is 6. The monoisotopic (exact) mass is 328 g/mol. The highest BCUT2D eigenvalue weighted by molar-refractivity contribution is 5.88. The van der Waals surface area contributed by atoms with Gasteiger partial charge in [0.2, 0.25) is 0 Å². The van der Waals surface area contributed by atoms with E-state index in [1.165, 1.54) is 0 Å². The second-order valence-corrected chi connectivity index (χ2v) is 4.84. The predicted molar refractivity (Wildman–Crippen MR) is 77.3 cm³/mol. The van der Waals surface area contributed by atoms with Crippen LogP contribution in [0.3, 0.4) is 0 Å². The first-order chi connectivity index (χ1) is 10.9. The first-order valence-electron chi connectivity index (χ1n) is 6.85. The molecule has 1 aliphatic rings. The van der Waals surface area contributed by atoms with E-state index in [0.717, 1.165) is 10.8 Å². The van der Waals surface area contributed by atoms with E-state index >= 15 is 0 Å². The van der Waals surface area contributed by atoms with Crippen molar-refractivity contribution in [3.8, 4) is 0 Å². The number of amides is 2. The zero-order chi connectivity index (χ0) is 17.1. The van der Waals surface area contributed by atoms with Crippen molar-refractivity contribution in [3.05, 3.63) is 34.7 Å². The third-order valence-electron chi connectivity index (χ3n) is 3.26. The number of halogens is 1. The molecule has 2 rings (SSSR count). The molecule has 1 fully saturated rings. The number of carbonyl (C=O) groups excluding carboxylic acids is 1. The molecule has 1 aromatic heterocycles. The summed E-state index contributed by atoms with van der Waals surface area (Å²) < 4.78 is 20.1. The Labute approximate surface area is 130 Å². The van der Waals surface area contributed by atoms with E-state index in [0.29, 0.717) is 6.54 Å². The number of rotatable bonds is 4. The normalized spacial score (nSPS) is 23.8. The topological polar surface area (TPSA) is 126 Å². The Morgan fingerprint density at radius 3 is 2.87 bits per heavy atom. The fourth-order valence-corrected chi connectivity index (χ4v) is 2.11. The first kappa shape index (κ1) is 17.1. The van der Waals surface area contributed by atoms with Crippen LogP contribution >= 0.6 is 0 Å². The summed E-state index contributed by atoms with van der Waals surface area (Å²) in [4.78, 5) is 26.8. The van der Waals surface area contributed by atoms with Gasteiger partial charge in [-0.25, -0.2) is 14.0 Å². The maximum Gasteiger partial charge on any atom is 0.352 e. The molecule has 4 N–H and O–H groups in total. The number of hydrogen-bond donors (Lipinski definition) is 4. The Bertz CT molecular complexity index is 677. The van der Waals surface area contributed by atoms with E-state index in [9.17, 15) is 19.1 Å². The SMILES string of the molecule is C=C1[C@H](n2cc(F)c(NC(=O)NCC)nc2=O)O[C@H](CO)[C@H]1O. The van der Waals surface area contributed by atoms with E-state index in [2.05, 4.69) is 22.2 Å². The van der Waals surface area contributed by atoms with Crippen molar-refractivity contribution in [1.82, 2.24) is 14.9 Å². The highest BCUT2D eigenvalue weighted by Gasteiger charge is 2.39. The van der Waals surface area contributed by atoms with E-state index in [-0.39, 0.29) is 5.57 Å². The van der Waals surface area contributed by atoms with Crippen molar-refractivity contribution in [2.45, 2.75) is 25.4 Å². The third kappa shape index (κ3) is 3.38. The predicted octanol–water partition coefficient (Wildman–Crippen LogP) is -0.669. The van der Waals surface area contributed by atoms with Gasteiger partial charge in [0.25, 0.3) is 0 Å². The quantitative estimate of drug-likeness (QED) is 0.543. The molecule has 0 radical (unpaired) electrons. The molecule has 0 saturated carbocycles. The summed E-state index contributed by atoms with van der Waals surface area (Å²) in [5, 5.41) is 23.4. The molecule has 3 atom stereocenters. The number of nitrogens with zero attached hydrogens (tertiary/aromatic N) is 2. The van der Waals surface area contributed by atoms with Gasteiger partial charge < -0.3 is 20.3 Å². The summed E-state index contributed by atoms with van der Waals surface area (Å²) in [6.45, 7) is 5.09. The Kier molecular flexibility index (Phi) is 5.08. The average Bonchev–Trinajstić information content (AvgIpc) is 2.78. The lowest BCUT2D eigenvalue weighted by molar-refractivity contribution is -0.0449. The molecule has 1 aromatic rings. The summed E-state index contributed by atoms with van der Waals surface area (Å²) in [6, 6.07) is -0.701. The van der Waals surface area contributed by atoms with Crippen molar-refractivity contribution in [3.63, 3.8) is 0 Å². The minimum atomic E-state index is -1.19. The van der Waals surface area contributed by atoms with E-state index in [1.54, 1.807) is 6.92 Å². The van der Waals surface area contributed by atoms with Crippen molar-refractivity contribution in [2.24, 2.45) is 0 Å². The van der Waals surface area contributed by atoms with Crippen LogP contribution in [-0.4, -0.2) is 51.2 Å². The van der Waals surface area contributed by atoms with Gasteiger partial charge in [0.15, 0.2) is 17.9 Å². The van der Waals surface area contributed by atoms with Gasteiger partial charge in [0.1, 0.15) is 12.2 Å². The van der Waals surface area contributed by atoms with Crippen molar-refractivity contribution in [1.29, 1.82) is 0 Å². The van der Waals surface area contributed by atoms with Crippen LogP contribution in [0.1, 0.15) is 13.2 Å². The maximum absolute atomic E-state index is 14.0. The molecule has 2 heterocycles. The molecule has 2 amide bonds. The van der Waals surface area contributed by atoms with E-state index in [1.807, 2.05) is 0 Å². The number of ether oxygens (including phenoxy) is 1. The lowest BCUT2D eigenvalue weighted by atomic mass is 10.1. The molecule has 10 heteroatoms. The Balaban J connectivity index is 2.29. The lowest BCUT2D eigenvalue weighted by Gasteiger charge is -2.15. The van der Waals surface area contributed by atoms with Gasteiger partial charge >= 0.3 is 11.7 Å². The summed E-state index contributed by atoms with van der Waals surface area (Å²) in [5.41, 5.74) is -0.813. The van der Waals surface area contributed by atoms with E-state index < -0.39 is 48.4 Å². The van der Waals surface area contributed by atoms with Crippen LogP contribution in [0.2, 0.25) is 0 Å². The average molecular weight is 328 g/mol. The standard InChI is InChI=1S/C13H17FN4O5/c1-3-15-12(21)16-10-7(14)4-18(13(22)17-10)11-6(2)9(20)8(5-19)23-11/h4,8-9,11,19-20H,2-3,5H2,1H3,(H2,15,16,17,21,22)/t8-,9+,11-/m1/s1. The summed E-state index contributed by atoms with van der Waals surface area (Å²) in [6.07, 6.45) is -2.52. The molecule has 0 aromatic carbocycles. The molecular formula is C13H17FN4O5. The molecule has 1 saturated heterocycles. The minimum Gasteiger partial charge on any atom is -0.394 e. The molecular weight excluding hydrogens is 311 g/mol. The van der Waals surface area contributed by atoms with Gasteiger partial charge in [-0.15, -0.1) is 0 Å². The lowest BCUT2D eigenvalue weighted by Crippen LogP contribution is -2.33. The molecule has 0 unspecified atom stereocenters. The fourth-order valence-electron chi connectivity index (χ4n) is 2.11. The minimum absolute atomic E-state index is 0.0942. The molecule has 126 valence electrons. The highest BCUT2D eigenvalue weighted by atomic mass is 19.1. The van der Waals surface area contributed by atoms with Crippen molar-refractivity contribution < 1.29 is 24.1 Å². The van der Waals surface area contributed by atoms with Crippen LogP contribution in [0.15, 0.2) is 23.1 Å². The molecule has 0 spiro atoms. The molecule has 0 bridgehead atoms. The van der Waals surface area contributed by atoms with Crippen molar-refractivity contribution >= 4 is 11.8 Å². The zero-order valence-corrected chi connectivity index (χ0v) is 12.3. The van der Waals surface area contributed by atoms with Gasteiger partial charge in [0, 0.05) is 12.1 Å². The second kappa shape index (κ2) is 6.86. The number of urea groups is 1. The number of anilines is 1. The summed E-state index contributed by atoms with van der Waals surface area (Å²) >= 11 is 0. The zero-order valence-electron chi connectivity index (χ0n) is 12.3. The number of aliphatic hydroxyl groups is 2. The van der Waals surface area contributed by atoms with Crippen molar-refractivity contribution in [2.75, 3.05) is 18.5 Å². The largest absolute Gasteiger partial charge is 0.394 e. The Morgan fingerprint density at radius 1 is 1.61 bits per heavy atom. The van der Waals surface area contributed by atoms with Gasteiger partial charge in [0.05, 0.1) is 12.8 Å². The number of nitrogens with one attached hydrogen (secondary N) is 2. The number of aromatic nitrogens is 2. The molecule has 23 heavy (non-hydrogen) atoms. The van der Waals surface area contributed by atoms with Crippen LogP contribution in [0.25, 0.3) is 0 Å². The molecule has 9 nitrogen and oxygen atoms in total. The number of aliphatic hydroxyl groups excluding tert-OH is 2. The fraction of sp³-hybridized carbons (Fsp3) is 0.462. The summed E-state index contributed by atoms with van der Waals surface area (Å²) in [5.74, 6) is -1.49. The van der Waals surface area contributed by atoms with Crippen LogP contribution in [0.5, 0.6) is 0 Å². The second-order valence-electron chi connectivity index (χ2n) is 4.84. The Hall–Kier alpha value is -2.30. The van der Waals surface area contributed by atoms with Crippen LogP contribution in [-0.2, 0) is 4.74 Å². The third-order valence-corrected chi connectivity index (χ3v) is 3.26. The van der Waals surface area contributed by atoms with Gasteiger partial charge in [-0.3, -0.25) is 9.88 Å². The Morgan fingerprint density at radius 2 is 2.30 bits per heavy atom. The van der Waals surface area contributed by atoms with Gasteiger partial charge in [-0.2, -0.15) is 4.98 Å².